The molecule has 6 rings (SSSR count). The average Bonchev–Trinajstić information content (AvgIpc) is 3.71. The number of benzene rings is 2. The fourth-order valence-electron chi connectivity index (χ4n) is 5.38. The van der Waals surface area contributed by atoms with Gasteiger partial charge in [-0.15, -0.1) is 0 Å². The molecule has 4 N–H and O–H groups in total. The van der Waals surface area contributed by atoms with Crippen molar-refractivity contribution in [1.82, 2.24) is 24.3 Å². The van der Waals surface area contributed by atoms with E-state index >= 15 is 8.78 Å². The highest BCUT2D eigenvalue weighted by molar-refractivity contribution is 6.02. The third kappa shape index (κ3) is 5.97. The standard InChI is InChI=1S/C29H29F5N8O/c1-40-6-8-41(9-7-40)13-20-21(29(32,33)34)11-17(12-22(20)30)38-28(43)39-24-5-2-16(10-23(24)31)19-14-42(18-3-4-18)27-25(19)26(35)36-15-37-27/h2,5,10-12,14-15,18H,3-4,6-9,13H2,1H3,(H2,35,36,37)(H2,38,39,43). The second-order valence-electron chi connectivity index (χ2n) is 11.0. The van der Waals surface area contributed by atoms with E-state index in [0.717, 1.165) is 18.9 Å². The minimum Gasteiger partial charge on any atom is -0.383 e. The summed E-state index contributed by atoms with van der Waals surface area (Å²) in [6.45, 7) is 2.11. The zero-order chi connectivity index (χ0) is 30.5. The lowest BCUT2D eigenvalue weighted by atomic mass is 10.0. The Bertz CT molecular complexity index is 1690. The summed E-state index contributed by atoms with van der Waals surface area (Å²) < 4.78 is 74.0. The molecule has 2 fully saturated rings. The maximum Gasteiger partial charge on any atom is 0.416 e. The maximum atomic E-state index is 15.2. The minimum atomic E-state index is -4.85. The zero-order valence-electron chi connectivity index (χ0n) is 23.2. The lowest BCUT2D eigenvalue weighted by Crippen LogP contribution is -2.44. The van der Waals surface area contributed by atoms with Crippen LogP contribution in [0, 0.1) is 11.6 Å². The van der Waals surface area contributed by atoms with Gasteiger partial charge in [-0.2, -0.15) is 13.2 Å². The molecule has 0 radical (unpaired) electrons. The SMILES string of the molecule is CN1CCN(Cc2c(F)cc(NC(=O)Nc3ccc(-c4cn(C5CC5)c5ncnc(N)c45)cc3F)cc2C(F)(F)F)CC1. The molecule has 2 aromatic heterocycles. The Hall–Kier alpha value is -4.30. The lowest BCUT2D eigenvalue weighted by molar-refractivity contribution is -0.138. The quantitative estimate of drug-likeness (QED) is 0.245. The number of carbonyl (C=O) groups is 1. The third-order valence-corrected chi connectivity index (χ3v) is 7.84. The van der Waals surface area contributed by atoms with Gasteiger partial charge in [-0.05, 0) is 49.7 Å². The van der Waals surface area contributed by atoms with Gasteiger partial charge in [0, 0.05) is 61.8 Å². The molecule has 14 heteroatoms. The van der Waals surface area contributed by atoms with Crippen LogP contribution in [0.3, 0.4) is 0 Å². The summed E-state index contributed by atoms with van der Waals surface area (Å²) in [7, 11) is 1.91. The van der Waals surface area contributed by atoms with Gasteiger partial charge in [0.1, 0.15) is 29.4 Å². The average molecular weight is 601 g/mol. The molecule has 1 aliphatic heterocycles. The number of piperazine rings is 1. The van der Waals surface area contributed by atoms with Gasteiger partial charge in [0.2, 0.25) is 0 Å². The number of likely N-dealkylation sites (N-methyl/N-ethyl adjacent to an activating group) is 1. The monoisotopic (exact) mass is 600 g/mol. The Balaban J connectivity index is 1.20. The van der Waals surface area contributed by atoms with Crippen LogP contribution in [0.5, 0.6) is 0 Å². The summed E-state index contributed by atoms with van der Waals surface area (Å²) in [5.41, 5.74) is 5.57. The number of carbonyl (C=O) groups excluding carboxylic acids is 1. The molecule has 2 aliphatic rings. The maximum absolute atomic E-state index is 15.2. The van der Waals surface area contributed by atoms with Crippen LogP contribution in [-0.4, -0.2) is 63.6 Å². The number of urea groups is 1. The predicted molar refractivity (Wildman–Crippen MR) is 152 cm³/mol. The number of halogens is 5. The van der Waals surface area contributed by atoms with E-state index in [2.05, 4.69) is 20.6 Å². The Labute approximate surface area is 243 Å². The van der Waals surface area contributed by atoms with E-state index in [4.69, 9.17) is 5.73 Å². The molecule has 1 saturated heterocycles. The largest absolute Gasteiger partial charge is 0.416 e. The van der Waals surface area contributed by atoms with E-state index in [0.29, 0.717) is 54.4 Å². The van der Waals surface area contributed by atoms with E-state index < -0.39 is 40.7 Å². The van der Waals surface area contributed by atoms with Crippen LogP contribution in [-0.2, 0) is 12.7 Å². The first kappa shape index (κ1) is 28.8. The van der Waals surface area contributed by atoms with Crippen molar-refractivity contribution in [1.29, 1.82) is 0 Å². The normalized spacial score (nSPS) is 16.5. The molecule has 9 nitrogen and oxygen atoms in total. The Morgan fingerprint density at radius 1 is 1.02 bits per heavy atom. The fourth-order valence-corrected chi connectivity index (χ4v) is 5.38. The number of nitrogens with one attached hydrogen (secondary N) is 2. The summed E-state index contributed by atoms with van der Waals surface area (Å²) in [5, 5.41) is 5.07. The van der Waals surface area contributed by atoms with Gasteiger partial charge < -0.3 is 25.8 Å². The molecule has 0 atom stereocenters. The highest BCUT2D eigenvalue weighted by atomic mass is 19.4. The third-order valence-electron chi connectivity index (χ3n) is 7.84. The Morgan fingerprint density at radius 3 is 2.44 bits per heavy atom. The Morgan fingerprint density at radius 2 is 1.77 bits per heavy atom. The van der Waals surface area contributed by atoms with Crippen LogP contribution in [0.15, 0.2) is 42.9 Å². The van der Waals surface area contributed by atoms with Crippen LogP contribution in [0.4, 0.5) is 43.9 Å². The number of aromatic nitrogens is 3. The van der Waals surface area contributed by atoms with Crippen molar-refractivity contribution in [2.75, 3.05) is 49.6 Å². The number of anilines is 3. The molecule has 2 aromatic carbocycles. The summed E-state index contributed by atoms with van der Waals surface area (Å²) in [6.07, 6.45) is 0.356. The van der Waals surface area contributed by atoms with E-state index in [1.54, 1.807) is 11.0 Å². The molecular weight excluding hydrogens is 571 g/mol. The van der Waals surface area contributed by atoms with Crippen LogP contribution in [0.25, 0.3) is 22.2 Å². The highest BCUT2D eigenvalue weighted by Crippen LogP contribution is 2.42. The van der Waals surface area contributed by atoms with E-state index in [1.165, 1.54) is 18.5 Å². The number of hydrogen-bond acceptors (Lipinski definition) is 6. The molecule has 1 saturated carbocycles. The summed E-state index contributed by atoms with van der Waals surface area (Å²) >= 11 is 0. The summed E-state index contributed by atoms with van der Waals surface area (Å²) in [6, 6.07) is 4.88. The number of amides is 2. The van der Waals surface area contributed by atoms with Gasteiger partial charge in [-0.3, -0.25) is 4.90 Å². The molecule has 43 heavy (non-hydrogen) atoms. The van der Waals surface area contributed by atoms with Gasteiger partial charge in [-0.1, -0.05) is 6.07 Å². The topological polar surface area (TPSA) is 104 Å². The number of fused-ring (bicyclic) bond motifs is 1. The number of rotatable bonds is 6. The van der Waals surface area contributed by atoms with Crippen molar-refractivity contribution >= 4 is 34.3 Å². The van der Waals surface area contributed by atoms with Gasteiger partial charge in [0.15, 0.2) is 0 Å². The van der Waals surface area contributed by atoms with Crippen molar-refractivity contribution in [2.45, 2.75) is 31.6 Å². The first-order valence-electron chi connectivity index (χ1n) is 13.8. The molecule has 2 amide bonds. The smallest absolute Gasteiger partial charge is 0.383 e. The number of alkyl halides is 3. The molecule has 0 unspecified atom stereocenters. The van der Waals surface area contributed by atoms with Crippen LogP contribution in [0.2, 0.25) is 0 Å². The van der Waals surface area contributed by atoms with E-state index in [-0.39, 0.29) is 24.1 Å². The molecule has 226 valence electrons. The first-order chi connectivity index (χ1) is 20.5. The highest BCUT2D eigenvalue weighted by Gasteiger charge is 2.36. The van der Waals surface area contributed by atoms with Crippen LogP contribution >= 0.6 is 0 Å². The van der Waals surface area contributed by atoms with Gasteiger partial charge in [0.05, 0.1) is 16.6 Å². The van der Waals surface area contributed by atoms with Crippen molar-refractivity contribution in [3.05, 3.63) is 65.6 Å². The fraction of sp³-hybridized carbons (Fsp3) is 0.345. The van der Waals surface area contributed by atoms with Gasteiger partial charge in [0.25, 0.3) is 0 Å². The van der Waals surface area contributed by atoms with Gasteiger partial charge in [-0.25, -0.2) is 23.5 Å². The lowest BCUT2D eigenvalue weighted by Gasteiger charge is -2.33. The molecule has 0 bridgehead atoms. The van der Waals surface area contributed by atoms with Crippen molar-refractivity contribution in [3.8, 4) is 11.1 Å². The number of nitrogens with two attached hydrogens (primary N) is 1. The van der Waals surface area contributed by atoms with Gasteiger partial charge >= 0.3 is 12.2 Å². The van der Waals surface area contributed by atoms with Crippen molar-refractivity contribution in [3.63, 3.8) is 0 Å². The second-order valence-corrected chi connectivity index (χ2v) is 11.0. The molecule has 1 aliphatic carbocycles. The molecule has 4 aromatic rings. The van der Waals surface area contributed by atoms with E-state index in [9.17, 15) is 18.0 Å². The predicted octanol–water partition coefficient (Wildman–Crippen LogP) is 5.70. The van der Waals surface area contributed by atoms with Crippen LogP contribution < -0.4 is 16.4 Å². The number of nitrogen functional groups attached to an aromatic ring is 1. The molecular formula is C29H29F5N8O. The van der Waals surface area contributed by atoms with Crippen LogP contribution in [0.1, 0.15) is 30.0 Å². The van der Waals surface area contributed by atoms with E-state index in [1.807, 2.05) is 22.7 Å². The molecule has 0 spiro atoms. The second kappa shape index (κ2) is 11.1. The summed E-state index contributed by atoms with van der Waals surface area (Å²) in [4.78, 5) is 24.9. The summed E-state index contributed by atoms with van der Waals surface area (Å²) in [5.74, 6) is -1.63. The molecule has 3 heterocycles. The minimum absolute atomic E-state index is 0.213. The van der Waals surface area contributed by atoms with Crippen molar-refractivity contribution < 1.29 is 26.7 Å². The zero-order valence-corrected chi connectivity index (χ0v) is 23.2. The van der Waals surface area contributed by atoms with Crippen molar-refractivity contribution in [2.24, 2.45) is 0 Å². The first-order valence-corrected chi connectivity index (χ1v) is 13.8. The Kier molecular flexibility index (Phi) is 7.42. The number of nitrogens with zero attached hydrogens (tertiary/aromatic N) is 5. The number of hydrogen-bond donors (Lipinski definition) is 3.